The summed E-state index contributed by atoms with van der Waals surface area (Å²) in [6.45, 7) is 8.30. The minimum absolute atomic E-state index is 0.257. The Kier molecular flexibility index (Phi) is 6.83. The molecule has 1 aromatic heterocycles. The third kappa shape index (κ3) is 4.81. The van der Waals surface area contributed by atoms with Gasteiger partial charge in [-0.25, -0.2) is 9.97 Å². The molecule has 6 nitrogen and oxygen atoms in total. The van der Waals surface area contributed by atoms with Gasteiger partial charge in [-0.1, -0.05) is 25.4 Å². The lowest BCUT2D eigenvalue weighted by Crippen LogP contribution is -2.29. The Morgan fingerprint density at radius 1 is 1.32 bits per heavy atom. The summed E-state index contributed by atoms with van der Waals surface area (Å²) in [5, 5.41) is 3.45. The summed E-state index contributed by atoms with van der Waals surface area (Å²) in [5.41, 5.74) is 6.23. The fourth-order valence-electron chi connectivity index (χ4n) is 1.69. The molecule has 0 saturated carbocycles. The molecule has 19 heavy (non-hydrogen) atoms. The molecule has 3 N–H and O–H groups in total. The molecule has 108 valence electrons. The molecule has 0 aliphatic carbocycles. The molecule has 7 heteroatoms. The van der Waals surface area contributed by atoms with Crippen molar-refractivity contribution in [2.45, 2.75) is 20.5 Å². The zero-order valence-electron chi connectivity index (χ0n) is 11.7. The van der Waals surface area contributed by atoms with Crippen molar-refractivity contribution in [1.82, 2.24) is 14.9 Å². The molecule has 0 radical (unpaired) electrons. The smallest absolute Gasteiger partial charge is 0.158 e. The first-order valence-electron chi connectivity index (χ1n) is 6.39. The van der Waals surface area contributed by atoms with Gasteiger partial charge in [0.05, 0.1) is 0 Å². The van der Waals surface area contributed by atoms with Crippen molar-refractivity contribution in [3.05, 3.63) is 11.0 Å². The van der Waals surface area contributed by atoms with Crippen LogP contribution in [-0.4, -0.2) is 48.2 Å². The number of nitrogens with two attached hydrogens (primary N) is 1. The zero-order chi connectivity index (χ0) is 14.3. The average Bonchev–Trinajstić information content (AvgIpc) is 2.40. The van der Waals surface area contributed by atoms with Gasteiger partial charge in [-0.2, -0.15) is 0 Å². The maximum atomic E-state index is 5.97. The lowest BCUT2D eigenvalue weighted by Gasteiger charge is -2.18. The minimum Gasteiger partial charge on any atom is -0.393 e. The zero-order valence-corrected chi connectivity index (χ0v) is 12.5. The van der Waals surface area contributed by atoms with Gasteiger partial charge in [0.2, 0.25) is 0 Å². The van der Waals surface area contributed by atoms with E-state index in [2.05, 4.69) is 34.0 Å². The summed E-state index contributed by atoms with van der Waals surface area (Å²) in [7, 11) is 1.58. The summed E-state index contributed by atoms with van der Waals surface area (Å²) >= 11 is 5.97. The first-order chi connectivity index (χ1) is 9.12. The largest absolute Gasteiger partial charge is 0.393 e. The second-order valence-corrected chi connectivity index (χ2v) is 4.44. The summed E-state index contributed by atoms with van der Waals surface area (Å²) < 4.78 is 4.99. The van der Waals surface area contributed by atoms with Crippen molar-refractivity contribution in [3.8, 4) is 0 Å². The van der Waals surface area contributed by atoms with Gasteiger partial charge in [-0.05, 0) is 13.1 Å². The molecule has 0 amide bonds. The Hall–Kier alpha value is -1.11. The van der Waals surface area contributed by atoms with Gasteiger partial charge in [0.1, 0.15) is 12.3 Å². The van der Waals surface area contributed by atoms with Gasteiger partial charge in [-0.3, -0.25) is 0 Å². The van der Waals surface area contributed by atoms with Gasteiger partial charge in [0.25, 0.3) is 0 Å². The van der Waals surface area contributed by atoms with Crippen molar-refractivity contribution in [1.29, 1.82) is 0 Å². The molecule has 0 aromatic carbocycles. The van der Waals surface area contributed by atoms with Crippen LogP contribution in [0.2, 0.25) is 5.15 Å². The molecule has 0 saturated heterocycles. The fraction of sp³-hybridized carbons (Fsp3) is 0.667. The molecule has 0 aliphatic heterocycles. The maximum absolute atomic E-state index is 5.97. The predicted octanol–water partition coefficient (Wildman–Crippen LogP) is 1.61. The molecular formula is C12H22ClN5O. The van der Waals surface area contributed by atoms with E-state index < -0.39 is 0 Å². The number of aromatic nitrogens is 2. The number of likely N-dealkylation sites (N-methyl/N-ethyl adjacent to an activating group) is 1. The van der Waals surface area contributed by atoms with Crippen molar-refractivity contribution < 1.29 is 4.74 Å². The summed E-state index contributed by atoms with van der Waals surface area (Å²) in [6.07, 6.45) is 0. The molecule has 1 aromatic rings. The summed E-state index contributed by atoms with van der Waals surface area (Å²) in [6, 6.07) is 0. The first kappa shape index (κ1) is 15.9. The van der Waals surface area contributed by atoms with Crippen molar-refractivity contribution in [3.63, 3.8) is 0 Å². The average molecular weight is 288 g/mol. The number of nitrogens with zero attached hydrogens (tertiary/aromatic N) is 3. The number of hydrogen-bond acceptors (Lipinski definition) is 6. The molecule has 0 bridgehead atoms. The third-order valence-corrected chi connectivity index (χ3v) is 3.12. The van der Waals surface area contributed by atoms with Gasteiger partial charge >= 0.3 is 0 Å². The Morgan fingerprint density at radius 3 is 2.58 bits per heavy atom. The highest BCUT2D eigenvalue weighted by atomic mass is 35.5. The van der Waals surface area contributed by atoms with Crippen LogP contribution < -0.4 is 11.1 Å². The highest BCUT2D eigenvalue weighted by Gasteiger charge is 2.10. The number of methoxy groups -OCH3 is 1. The molecule has 0 atom stereocenters. The Balaban J connectivity index is 2.66. The summed E-state index contributed by atoms with van der Waals surface area (Å²) in [5.74, 6) is 1.09. The normalized spacial score (nSPS) is 11.0. The highest BCUT2D eigenvalue weighted by Crippen LogP contribution is 2.23. The van der Waals surface area contributed by atoms with Crippen LogP contribution in [-0.2, 0) is 11.3 Å². The molecular weight excluding hydrogens is 266 g/mol. The predicted molar refractivity (Wildman–Crippen MR) is 78.4 cm³/mol. The lowest BCUT2D eigenvalue weighted by molar-refractivity contribution is 0.178. The first-order valence-corrected chi connectivity index (χ1v) is 6.77. The second kappa shape index (κ2) is 8.14. The van der Waals surface area contributed by atoms with E-state index in [9.17, 15) is 0 Å². The summed E-state index contributed by atoms with van der Waals surface area (Å²) in [4.78, 5) is 10.7. The van der Waals surface area contributed by atoms with E-state index in [1.54, 1.807) is 7.11 Å². The highest BCUT2D eigenvalue weighted by molar-refractivity contribution is 6.32. The monoisotopic (exact) mass is 287 g/mol. The van der Waals surface area contributed by atoms with Gasteiger partial charge < -0.3 is 20.7 Å². The molecule has 0 unspecified atom stereocenters. The van der Waals surface area contributed by atoms with Crippen LogP contribution in [0.1, 0.15) is 19.7 Å². The number of nitrogens with one attached hydrogen (secondary N) is 1. The maximum Gasteiger partial charge on any atom is 0.158 e. The Bertz CT molecular complexity index is 398. The van der Waals surface area contributed by atoms with E-state index in [1.165, 1.54) is 0 Å². The SMILES string of the molecule is CCN(CC)CCNc1nc(COC)nc(Cl)c1N. The molecule has 0 aliphatic rings. The number of anilines is 2. The molecule has 0 spiro atoms. The van der Waals surface area contributed by atoms with E-state index in [0.717, 1.165) is 26.2 Å². The van der Waals surface area contributed by atoms with Crippen molar-refractivity contribution in [2.75, 3.05) is 44.3 Å². The quantitative estimate of drug-likeness (QED) is 0.708. The standard InChI is InChI=1S/C12H22ClN5O/c1-4-18(5-2)7-6-15-12-10(14)11(13)16-9(17-12)8-19-3/h4-8,14H2,1-3H3,(H,15,16,17). The van der Waals surface area contributed by atoms with E-state index in [0.29, 0.717) is 23.9 Å². The number of ether oxygens (including phenoxy) is 1. The fourth-order valence-corrected chi connectivity index (χ4v) is 1.87. The van der Waals surface area contributed by atoms with Crippen LogP contribution in [0.4, 0.5) is 11.5 Å². The van der Waals surface area contributed by atoms with Crippen molar-refractivity contribution >= 4 is 23.1 Å². The molecule has 1 rings (SSSR count). The number of hydrogen-bond donors (Lipinski definition) is 2. The van der Waals surface area contributed by atoms with Gasteiger partial charge in [-0.15, -0.1) is 0 Å². The van der Waals surface area contributed by atoms with Crippen LogP contribution >= 0.6 is 11.6 Å². The van der Waals surface area contributed by atoms with Crippen molar-refractivity contribution in [2.24, 2.45) is 0 Å². The van der Waals surface area contributed by atoms with Crippen LogP contribution in [0.5, 0.6) is 0 Å². The van der Waals surface area contributed by atoms with E-state index in [4.69, 9.17) is 22.1 Å². The number of rotatable bonds is 8. The topological polar surface area (TPSA) is 76.3 Å². The van der Waals surface area contributed by atoms with Gasteiger partial charge in [0.15, 0.2) is 16.8 Å². The van der Waals surface area contributed by atoms with Crippen LogP contribution in [0, 0.1) is 0 Å². The van der Waals surface area contributed by atoms with Crippen LogP contribution in [0.25, 0.3) is 0 Å². The number of halogens is 1. The van der Waals surface area contributed by atoms with Crippen LogP contribution in [0.15, 0.2) is 0 Å². The molecule has 1 heterocycles. The van der Waals surface area contributed by atoms with Gasteiger partial charge in [0, 0.05) is 20.2 Å². The minimum atomic E-state index is 0.257. The Labute approximate surface area is 119 Å². The Morgan fingerprint density at radius 2 is 2.00 bits per heavy atom. The lowest BCUT2D eigenvalue weighted by atomic mass is 10.4. The van der Waals surface area contributed by atoms with E-state index >= 15 is 0 Å². The van der Waals surface area contributed by atoms with Crippen LogP contribution in [0.3, 0.4) is 0 Å². The van der Waals surface area contributed by atoms with E-state index in [-0.39, 0.29) is 5.15 Å². The molecule has 0 fully saturated rings. The second-order valence-electron chi connectivity index (χ2n) is 4.08. The third-order valence-electron chi connectivity index (χ3n) is 2.83. The number of nitrogen functional groups attached to an aromatic ring is 1. The van der Waals surface area contributed by atoms with E-state index in [1.807, 2.05) is 0 Å².